The van der Waals surface area contributed by atoms with Crippen molar-refractivity contribution in [3.05, 3.63) is 89.7 Å². The van der Waals surface area contributed by atoms with E-state index in [-0.39, 0.29) is 12.1 Å². The zero-order valence-electron chi connectivity index (χ0n) is 24.5. The molecule has 42 heavy (non-hydrogen) atoms. The summed E-state index contributed by atoms with van der Waals surface area (Å²) in [5.41, 5.74) is 4.33. The summed E-state index contributed by atoms with van der Waals surface area (Å²) in [7, 11) is 1.82. The third kappa shape index (κ3) is 6.93. The number of unbranched alkanes of at least 4 members (excludes halogenated alkanes) is 1. The van der Waals surface area contributed by atoms with Crippen molar-refractivity contribution in [3.8, 4) is 5.75 Å². The number of hydrogen-bond acceptors (Lipinski definition) is 4. The van der Waals surface area contributed by atoms with Crippen LogP contribution in [0.3, 0.4) is 0 Å². The van der Waals surface area contributed by atoms with Gasteiger partial charge in [-0.3, -0.25) is 4.90 Å². The number of carboxylic acid groups (broad SMARTS) is 1. The fourth-order valence-corrected chi connectivity index (χ4v) is 5.59. The minimum absolute atomic E-state index is 0.0794. The van der Waals surface area contributed by atoms with Crippen LogP contribution < -0.4 is 15.0 Å². The number of hydrogen-bond donors (Lipinski definition) is 2. The summed E-state index contributed by atoms with van der Waals surface area (Å²) in [5, 5.41) is 12.9. The van der Waals surface area contributed by atoms with Gasteiger partial charge < -0.3 is 19.7 Å². The fourth-order valence-electron chi connectivity index (χ4n) is 5.59. The summed E-state index contributed by atoms with van der Waals surface area (Å²) in [6.07, 6.45) is 7.53. The predicted octanol–water partition coefficient (Wildman–Crippen LogP) is 7.11. The molecule has 0 spiro atoms. The van der Waals surface area contributed by atoms with Crippen LogP contribution in [0.15, 0.2) is 72.8 Å². The van der Waals surface area contributed by atoms with Crippen LogP contribution in [-0.4, -0.2) is 39.7 Å². The lowest BCUT2D eigenvalue weighted by atomic mass is 9.96. The number of nitrogens with one attached hydrogen (secondary N) is 1. The highest BCUT2D eigenvalue weighted by Crippen LogP contribution is 2.27. The normalized spacial score (nSPS) is 14.4. The van der Waals surface area contributed by atoms with Gasteiger partial charge in [0.05, 0.1) is 11.0 Å². The molecule has 3 aromatic carbocycles. The highest BCUT2D eigenvalue weighted by Gasteiger charge is 2.22. The maximum atomic E-state index is 13.1. The zero-order valence-corrected chi connectivity index (χ0v) is 24.5. The van der Waals surface area contributed by atoms with Crippen molar-refractivity contribution in [2.75, 3.05) is 11.9 Å². The largest absolute Gasteiger partial charge is 0.478 e. The lowest BCUT2D eigenvalue weighted by molar-refractivity contribution is -0.145. The van der Waals surface area contributed by atoms with Crippen LogP contribution >= 0.6 is 0 Å². The minimum atomic E-state index is -1.08. The summed E-state index contributed by atoms with van der Waals surface area (Å²) < 4.78 is 8.08. The van der Waals surface area contributed by atoms with Gasteiger partial charge in [-0.25, -0.2) is 14.6 Å². The first-order valence-corrected chi connectivity index (χ1v) is 15.0. The van der Waals surface area contributed by atoms with Crippen molar-refractivity contribution in [2.24, 2.45) is 0 Å². The Hall–Kier alpha value is -4.33. The van der Waals surface area contributed by atoms with Crippen LogP contribution in [0.2, 0.25) is 0 Å². The summed E-state index contributed by atoms with van der Waals surface area (Å²) in [5.74, 6) is 0.460. The van der Waals surface area contributed by atoms with Gasteiger partial charge in [-0.1, -0.05) is 75.1 Å². The average Bonchev–Trinajstić information content (AvgIpc) is 3.36. The molecule has 0 radical (unpaired) electrons. The number of aryl methyl sites for hydroxylation is 1. The number of amides is 2. The Morgan fingerprint density at radius 1 is 1.05 bits per heavy atom. The minimum Gasteiger partial charge on any atom is -0.478 e. The van der Waals surface area contributed by atoms with E-state index in [1.54, 1.807) is 29.2 Å². The number of fused-ring (bicyclic) bond motifs is 1. The number of anilines is 1. The van der Waals surface area contributed by atoms with Gasteiger partial charge in [0.1, 0.15) is 11.6 Å². The number of imidazole rings is 1. The predicted molar refractivity (Wildman–Crippen MR) is 165 cm³/mol. The van der Waals surface area contributed by atoms with Crippen LogP contribution in [0.1, 0.15) is 74.9 Å². The van der Waals surface area contributed by atoms with Crippen LogP contribution in [0.4, 0.5) is 10.5 Å². The monoisotopic (exact) mass is 568 g/mol. The SMILES string of the molecule is CCCCc1nc2ccc(N(C)C(=O)NC3CCCCC3)cc2n1Cc1ccc(OC(C(=O)O)c2ccccc2)cc1. The number of rotatable bonds is 11. The van der Waals surface area contributed by atoms with E-state index in [1.807, 2.05) is 55.6 Å². The number of benzene rings is 3. The van der Waals surface area contributed by atoms with E-state index in [2.05, 4.69) is 16.8 Å². The van der Waals surface area contributed by atoms with Gasteiger partial charge in [0.2, 0.25) is 6.10 Å². The van der Waals surface area contributed by atoms with E-state index in [0.29, 0.717) is 17.9 Å². The number of aromatic nitrogens is 2. The Balaban J connectivity index is 1.36. The standard InChI is InChI=1S/C34H40N4O4/c1-3-4-15-31-36-29-21-18-27(37(2)34(41)35-26-13-9-6-10-14-26)22-30(29)38(31)23-24-16-19-28(20-17-24)42-32(33(39)40)25-11-7-5-8-12-25/h5,7-8,11-12,16-22,26,32H,3-4,6,9-10,13-15,23H2,1-2H3,(H,35,41)(H,39,40). The summed E-state index contributed by atoms with van der Waals surface area (Å²) >= 11 is 0. The number of carboxylic acids is 1. The molecule has 5 rings (SSSR count). The second-order valence-corrected chi connectivity index (χ2v) is 11.1. The first-order valence-electron chi connectivity index (χ1n) is 15.0. The second-order valence-electron chi connectivity index (χ2n) is 11.1. The van der Waals surface area contributed by atoms with Gasteiger partial charge in [0.25, 0.3) is 0 Å². The summed E-state index contributed by atoms with van der Waals surface area (Å²) in [6.45, 7) is 2.77. The number of nitrogens with zero attached hydrogens (tertiary/aromatic N) is 3. The van der Waals surface area contributed by atoms with Gasteiger partial charge in [-0.2, -0.15) is 0 Å². The number of aliphatic carboxylic acids is 1. The number of ether oxygens (including phenoxy) is 1. The summed E-state index contributed by atoms with van der Waals surface area (Å²) in [6, 6.07) is 22.7. The molecule has 1 atom stereocenters. The van der Waals surface area contributed by atoms with Crippen molar-refractivity contribution in [1.29, 1.82) is 0 Å². The third-order valence-corrected chi connectivity index (χ3v) is 8.03. The Labute approximate surface area is 247 Å². The first kappa shape index (κ1) is 29.2. The van der Waals surface area contributed by atoms with E-state index < -0.39 is 12.1 Å². The van der Waals surface area contributed by atoms with Gasteiger partial charge in [0, 0.05) is 37.3 Å². The van der Waals surface area contributed by atoms with Crippen LogP contribution in [-0.2, 0) is 17.8 Å². The Morgan fingerprint density at radius 3 is 2.48 bits per heavy atom. The van der Waals surface area contributed by atoms with Gasteiger partial charge in [-0.05, 0) is 55.2 Å². The molecule has 1 aliphatic rings. The quantitative estimate of drug-likeness (QED) is 0.201. The Kier molecular flexibility index (Phi) is 9.41. The molecule has 0 aliphatic heterocycles. The molecule has 2 amide bonds. The molecule has 0 saturated heterocycles. The second kappa shape index (κ2) is 13.6. The van der Waals surface area contributed by atoms with Gasteiger partial charge in [-0.15, -0.1) is 0 Å². The molecule has 220 valence electrons. The lowest BCUT2D eigenvalue weighted by Crippen LogP contribution is -2.43. The highest BCUT2D eigenvalue weighted by molar-refractivity contribution is 5.94. The maximum Gasteiger partial charge on any atom is 0.349 e. The van der Waals surface area contributed by atoms with Crippen molar-refractivity contribution in [2.45, 2.75) is 77.0 Å². The van der Waals surface area contributed by atoms with Crippen molar-refractivity contribution < 1.29 is 19.4 Å². The topological polar surface area (TPSA) is 96.7 Å². The van der Waals surface area contributed by atoms with Crippen molar-refractivity contribution >= 4 is 28.7 Å². The van der Waals surface area contributed by atoms with Crippen molar-refractivity contribution in [1.82, 2.24) is 14.9 Å². The average molecular weight is 569 g/mol. The molecule has 1 aliphatic carbocycles. The van der Waals surface area contributed by atoms with Crippen LogP contribution in [0.5, 0.6) is 5.75 Å². The molecule has 4 aromatic rings. The molecule has 1 unspecified atom stereocenters. The van der Waals surface area contributed by atoms with E-state index in [1.165, 1.54) is 19.3 Å². The first-order chi connectivity index (χ1) is 20.4. The maximum absolute atomic E-state index is 13.1. The number of urea groups is 1. The Bertz CT molecular complexity index is 1490. The Morgan fingerprint density at radius 2 is 1.79 bits per heavy atom. The van der Waals surface area contributed by atoms with E-state index >= 15 is 0 Å². The fraction of sp³-hybridized carbons (Fsp3) is 0.382. The van der Waals surface area contributed by atoms with E-state index in [9.17, 15) is 14.7 Å². The van der Waals surface area contributed by atoms with Crippen LogP contribution in [0, 0.1) is 0 Å². The van der Waals surface area contributed by atoms with Crippen LogP contribution in [0.25, 0.3) is 11.0 Å². The molecular formula is C34H40N4O4. The molecule has 8 nitrogen and oxygen atoms in total. The molecule has 2 N–H and O–H groups in total. The lowest BCUT2D eigenvalue weighted by Gasteiger charge is -2.26. The number of carbonyl (C=O) groups excluding carboxylic acids is 1. The molecule has 1 fully saturated rings. The van der Waals surface area contributed by atoms with E-state index in [4.69, 9.17) is 9.72 Å². The molecule has 1 aromatic heterocycles. The molecule has 0 bridgehead atoms. The zero-order chi connectivity index (χ0) is 29.5. The summed E-state index contributed by atoms with van der Waals surface area (Å²) in [4.78, 5) is 31.6. The molecular weight excluding hydrogens is 528 g/mol. The van der Waals surface area contributed by atoms with Crippen molar-refractivity contribution in [3.63, 3.8) is 0 Å². The third-order valence-electron chi connectivity index (χ3n) is 8.03. The van der Waals surface area contributed by atoms with Gasteiger partial charge in [0.15, 0.2) is 0 Å². The number of carbonyl (C=O) groups is 2. The smallest absolute Gasteiger partial charge is 0.349 e. The molecule has 1 heterocycles. The molecule has 1 saturated carbocycles. The molecule has 8 heteroatoms. The highest BCUT2D eigenvalue weighted by atomic mass is 16.5. The van der Waals surface area contributed by atoms with E-state index in [0.717, 1.165) is 60.2 Å². The van der Waals surface area contributed by atoms with Gasteiger partial charge >= 0.3 is 12.0 Å².